The standard InChI is InChI=1S/C73H118O6/c1-4-7-10-13-16-19-22-25-28-31-33-35-36-38-39-42-45-48-51-54-57-60-63-66-72(75)78-69-70(68-77-71(74)65-62-59-56-53-50-47-44-41-30-27-24-21-18-15-12-9-6-3)79-73(76)67-64-61-58-55-52-49-46-43-40-37-34-32-29-26-23-20-17-14-11-8-5-2/h7-8,10-11,16-17,19-20,25-30,33-35,37-39,43,45-46,48,70H,4-6,9,12-15,18,21-24,31-32,36,40-42,44,47,49-69H2,1-3H3/b10-7-,11-8-,19-16-,20-17-,28-25-,29-26-,30-27-,35-33-,37-34-,39-38-,46-43-,48-45-. The predicted molar refractivity (Wildman–Crippen MR) is 343 cm³/mol. The Balaban J connectivity index is 4.51. The summed E-state index contributed by atoms with van der Waals surface area (Å²) in [5.41, 5.74) is 0. The van der Waals surface area contributed by atoms with Gasteiger partial charge in [0.15, 0.2) is 6.10 Å². The molecule has 0 aliphatic rings. The molecular weight excluding hydrogens is 973 g/mol. The molecule has 0 aliphatic heterocycles. The molecule has 0 rings (SSSR count). The molecule has 0 saturated heterocycles. The second kappa shape index (κ2) is 65.8. The Kier molecular flexibility index (Phi) is 61.9. The van der Waals surface area contributed by atoms with Crippen molar-refractivity contribution in [1.82, 2.24) is 0 Å². The number of hydrogen-bond donors (Lipinski definition) is 0. The van der Waals surface area contributed by atoms with Gasteiger partial charge < -0.3 is 14.2 Å². The summed E-state index contributed by atoms with van der Waals surface area (Å²) in [6, 6.07) is 0. The van der Waals surface area contributed by atoms with Gasteiger partial charge in [-0.2, -0.15) is 0 Å². The van der Waals surface area contributed by atoms with Crippen LogP contribution in [-0.2, 0) is 28.6 Å². The number of rotatable bonds is 57. The van der Waals surface area contributed by atoms with E-state index in [9.17, 15) is 14.4 Å². The van der Waals surface area contributed by atoms with Crippen LogP contribution in [-0.4, -0.2) is 37.2 Å². The van der Waals surface area contributed by atoms with Gasteiger partial charge in [-0.1, -0.05) is 263 Å². The van der Waals surface area contributed by atoms with E-state index < -0.39 is 6.10 Å². The van der Waals surface area contributed by atoms with Crippen molar-refractivity contribution < 1.29 is 28.6 Å². The van der Waals surface area contributed by atoms with Crippen LogP contribution in [0.15, 0.2) is 146 Å². The molecule has 0 spiro atoms. The molecule has 0 radical (unpaired) electrons. The summed E-state index contributed by atoms with van der Waals surface area (Å²) in [4.78, 5) is 38.4. The van der Waals surface area contributed by atoms with E-state index in [0.29, 0.717) is 19.3 Å². The van der Waals surface area contributed by atoms with E-state index in [-0.39, 0.29) is 31.1 Å². The van der Waals surface area contributed by atoms with Crippen molar-refractivity contribution >= 4 is 17.9 Å². The predicted octanol–water partition coefficient (Wildman–Crippen LogP) is 22.3. The number of carbonyl (C=O) groups excluding carboxylic acids is 3. The number of esters is 3. The maximum absolute atomic E-state index is 12.9. The number of unbranched alkanes of at least 4 members (excludes halogenated alkanes) is 22. The highest BCUT2D eigenvalue weighted by Gasteiger charge is 2.19. The summed E-state index contributed by atoms with van der Waals surface area (Å²) in [6.45, 7) is 6.38. The Morgan fingerprint density at radius 2 is 0.494 bits per heavy atom. The van der Waals surface area contributed by atoms with Gasteiger partial charge in [-0.05, 0) is 141 Å². The summed E-state index contributed by atoms with van der Waals surface area (Å²) >= 11 is 0. The highest BCUT2D eigenvalue weighted by molar-refractivity contribution is 5.71. The number of carbonyl (C=O) groups is 3. The second-order valence-corrected chi connectivity index (χ2v) is 20.9. The minimum Gasteiger partial charge on any atom is -0.462 e. The Morgan fingerprint density at radius 1 is 0.266 bits per heavy atom. The van der Waals surface area contributed by atoms with Gasteiger partial charge in [0.05, 0.1) is 0 Å². The maximum atomic E-state index is 12.9. The summed E-state index contributed by atoms with van der Waals surface area (Å²) in [6.07, 6.45) is 94.1. The summed E-state index contributed by atoms with van der Waals surface area (Å²) < 4.78 is 16.9. The molecule has 0 aliphatic carbocycles. The van der Waals surface area contributed by atoms with Crippen molar-refractivity contribution in [3.63, 3.8) is 0 Å². The van der Waals surface area contributed by atoms with Crippen LogP contribution in [0.25, 0.3) is 0 Å². The largest absolute Gasteiger partial charge is 0.462 e. The molecular formula is C73H118O6. The normalized spacial score (nSPS) is 13.1. The van der Waals surface area contributed by atoms with Crippen molar-refractivity contribution in [3.05, 3.63) is 146 Å². The quantitative estimate of drug-likeness (QED) is 0.0261. The summed E-state index contributed by atoms with van der Waals surface area (Å²) in [7, 11) is 0. The minimum atomic E-state index is -0.810. The van der Waals surface area contributed by atoms with Crippen LogP contribution >= 0.6 is 0 Å². The average molecular weight is 1090 g/mol. The zero-order chi connectivity index (χ0) is 57.1. The van der Waals surface area contributed by atoms with Gasteiger partial charge in [0.25, 0.3) is 0 Å². The van der Waals surface area contributed by atoms with Gasteiger partial charge in [-0.15, -0.1) is 0 Å². The van der Waals surface area contributed by atoms with Gasteiger partial charge in [-0.25, -0.2) is 0 Å². The lowest BCUT2D eigenvalue weighted by molar-refractivity contribution is -0.167. The smallest absolute Gasteiger partial charge is 0.306 e. The Morgan fingerprint density at radius 3 is 0.785 bits per heavy atom. The van der Waals surface area contributed by atoms with Crippen LogP contribution in [0.4, 0.5) is 0 Å². The third kappa shape index (κ3) is 64.0. The fourth-order valence-electron chi connectivity index (χ4n) is 8.53. The Bertz CT molecular complexity index is 1730. The van der Waals surface area contributed by atoms with Crippen molar-refractivity contribution in [2.75, 3.05) is 13.2 Å². The van der Waals surface area contributed by atoms with E-state index in [1.165, 1.54) is 77.0 Å². The molecule has 1 unspecified atom stereocenters. The lowest BCUT2D eigenvalue weighted by Crippen LogP contribution is -2.30. The number of hydrogen-bond acceptors (Lipinski definition) is 6. The fraction of sp³-hybridized carbons (Fsp3) is 0.630. The second-order valence-electron chi connectivity index (χ2n) is 20.9. The molecule has 79 heavy (non-hydrogen) atoms. The van der Waals surface area contributed by atoms with Crippen molar-refractivity contribution in [2.24, 2.45) is 0 Å². The molecule has 6 nitrogen and oxygen atoms in total. The van der Waals surface area contributed by atoms with Crippen LogP contribution < -0.4 is 0 Å². The van der Waals surface area contributed by atoms with Crippen molar-refractivity contribution in [2.45, 2.75) is 284 Å². The van der Waals surface area contributed by atoms with Gasteiger partial charge in [0.2, 0.25) is 0 Å². The van der Waals surface area contributed by atoms with Crippen LogP contribution in [0.3, 0.4) is 0 Å². The molecule has 1 atom stereocenters. The first-order chi connectivity index (χ1) is 39.0. The number of allylic oxidation sites excluding steroid dienone is 24. The highest BCUT2D eigenvalue weighted by atomic mass is 16.6. The minimum absolute atomic E-state index is 0.102. The zero-order valence-electron chi connectivity index (χ0n) is 51.1. The molecule has 0 aromatic heterocycles. The third-order valence-electron chi connectivity index (χ3n) is 13.3. The van der Waals surface area contributed by atoms with Crippen LogP contribution in [0.1, 0.15) is 278 Å². The molecule has 446 valence electrons. The zero-order valence-corrected chi connectivity index (χ0v) is 51.1. The molecule has 0 N–H and O–H groups in total. The first-order valence-corrected chi connectivity index (χ1v) is 32.3. The maximum Gasteiger partial charge on any atom is 0.306 e. The molecule has 0 aromatic rings. The third-order valence-corrected chi connectivity index (χ3v) is 13.3. The van der Waals surface area contributed by atoms with Crippen molar-refractivity contribution in [1.29, 1.82) is 0 Å². The Hall–Kier alpha value is -4.71. The highest BCUT2D eigenvalue weighted by Crippen LogP contribution is 2.14. The van der Waals surface area contributed by atoms with E-state index in [1.54, 1.807) is 0 Å². The van der Waals surface area contributed by atoms with Crippen LogP contribution in [0.2, 0.25) is 0 Å². The van der Waals surface area contributed by atoms with E-state index >= 15 is 0 Å². The van der Waals surface area contributed by atoms with Gasteiger partial charge in [-0.3, -0.25) is 14.4 Å². The topological polar surface area (TPSA) is 78.9 Å². The van der Waals surface area contributed by atoms with E-state index in [0.717, 1.165) is 161 Å². The first kappa shape index (κ1) is 74.3. The monoisotopic (exact) mass is 1090 g/mol. The van der Waals surface area contributed by atoms with Crippen LogP contribution in [0, 0.1) is 0 Å². The van der Waals surface area contributed by atoms with Crippen LogP contribution in [0.5, 0.6) is 0 Å². The SMILES string of the molecule is CC/C=C\C/C=C\C/C=C\C/C=C\C/C=C\C/C=C\CCCCCCC(=O)OCC(COC(=O)CCCCCCCCC/C=C\CCCCCCCC)OC(=O)CCCCCCC/C=C\C/C=C\C/C=C\C/C=C\C/C=C\CC. The lowest BCUT2D eigenvalue weighted by Gasteiger charge is -2.18. The number of ether oxygens (including phenoxy) is 3. The molecule has 0 aromatic carbocycles. The fourth-order valence-corrected chi connectivity index (χ4v) is 8.53. The molecule has 0 amide bonds. The summed E-state index contributed by atoms with van der Waals surface area (Å²) in [5, 5.41) is 0. The van der Waals surface area contributed by atoms with Gasteiger partial charge in [0.1, 0.15) is 13.2 Å². The van der Waals surface area contributed by atoms with Gasteiger partial charge >= 0.3 is 17.9 Å². The lowest BCUT2D eigenvalue weighted by atomic mass is 10.1. The first-order valence-electron chi connectivity index (χ1n) is 32.3. The van der Waals surface area contributed by atoms with E-state index in [4.69, 9.17) is 14.2 Å². The van der Waals surface area contributed by atoms with E-state index in [1.807, 2.05) is 0 Å². The average Bonchev–Trinajstić information content (AvgIpc) is 3.45. The molecule has 0 bridgehead atoms. The van der Waals surface area contributed by atoms with Crippen molar-refractivity contribution in [3.8, 4) is 0 Å². The molecule has 0 fully saturated rings. The summed E-state index contributed by atoms with van der Waals surface area (Å²) in [5.74, 6) is -0.949. The molecule has 0 heterocycles. The molecule has 0 saturated carbocycles. The molecule has 6 heteroatoms. The van der Waals surface area contributed by atoms with E-state index in [2.05, 4.69) is 167 Å². The van der Waals surface area contributed by atoms with Gasteiger partial charge in [0, 0.05) is 19.3 Å². The Labute approximate surface area is 487 Å².